The second-order valence-corrected chi connectivity index (χ2v) is 16.0. The van der Waals surface area contributed by atoms with Crippen LogP contribution < -0.4 is 14.5 Å². The van der Waals surface area contributed by atoms with Gasteiger partial charge < -0.3 is 19.1 Å². The number of rotatable bonds is 6. The van der Waals surface area contributed by atoms with Crippen LogP contribution >= 0.6 is 0 Å². The Hall–Kier alpha value is -7.38. The summed E-state index contributed by atoms with van der Waals surface area (Å²) in [6, 6.07) is 55.7. The first kappa shape index (κ1) is 33.9. The summed E-state index contributed by atoms with van der Waals surface area (Å²) >= 11 is 0. The third-order valence-electron chi connectivity index (χ3n) is 11.5. The Bertz CT molecular complexity index is 3190. The molecule has 0 fully saturated rings. The summed E-state index contributed by atoms with van der Waals surface area (Å²) < 4.78 is 11.3. The number of fused-ring (bicyclic) bond motifs is 7. The molecule has 0 amide bonds. The molecule has 1 aliphatic rings. The third kappa shape index (κ3) is 5.50. The van der Waals surface area contributed by atoms with Crippen LogP contribution in [0.3, 0.4) is 0 Å². The second-order valence-electron chi connectivity index (χ2n) is 16.0. The van der Waals surface area contributed by atoms with Gasteiger partial charge in [-0.05, 0) is 89.8 Å². The summed E-state index contributed by atoms with van der Waals surface area (Å²) in [5, 5.41) is 4.81. The van der Waals surface area contributed by atoms with Gasteiger partial charge in [0.1, 0.15) is 24.0 Å². The number of benzene rings is 6. The predicted molar refractivity (Wildman–Crippen MR) is 238 cm³/mol. The minimum Gasteiger partial charge on any atom is -0.457 e. The molecule has 0 spiro atoms. The molecule has 10 aromatic rings. The molecule has 0 atom stereocenters. The maximum Gasteiger partial charge on any atom is 0.137 e. The van der Waals surface area contributed by atoms with Crippen LogP contribution in [0.5, 0.6) is 11.5 Å². The van der Waals surface area contributed by atoms with Crippen LogP contribution in [-0.4, -0.2) is 25.8 Å². The van der Waals surface area contributed by atoms with Gasteiger partial charge >= 0.3 is 0 Å². The van der Waals surface area contributed by atoms with Gasteiger partial charge in [0, 0.05) is 63.1 Å². The van der Waals surface area contributed by atoms with Crippen molar-refractivity contribution in [2.24, 2.45) is 0 Å². The maximum absolute atomic E-state index is 6.69. The van der Waals surface area contributed by atoms with Crippen LogP contribution in [0.15, 0.2) is 176 Å². The molecule has 0 unspecified atom stereocenters. The summed E-state index contributed by atoms with van der Waals surface area (Å²) in [6.45, 7) is 7.32. The Morgan fingerprint density at radius 3 is 1.91 bits per heavy atom. The zero-order valence-corrected chi connectivity index (χ0v) is 32.5. The van der Waals surface area contributed by atoms with Crippen molar-refractivity contribution in [2.75, 3.05) is 16.5 Å². The number of anilines is 4. The van der Waals surface area contributed by atoms with Crippen LogP contribution in [0, 0.1) is 0 Å². The Balaban J connectivity index is 0.951. The van der Waals surface area contributed by atoms with Gasteiger partial charge in [-0.3, -0.25) is 9.55 Å². The van der Waals surface area contributed by atoms with Crippen LogP contribution in [0.4, 0.5) is 22.7 Å². The highest BCUT2D eigenvalue weighted by molar-refractivity contribution is 6.11. The van der Waals surface area contributed by atoms with Gasteiger partial charge in [-0.1, -0.05) is 87.5 Å². The molecule has 0 saturated heterocycles. The molecule has 11 rings (SSSR count). The minimum atomic E-state index is -0.00400. The fourth-order valence-electron chi connectivity index (χ4n) is 8.65. The Labute approximate surface area is 336 Å². The number of para-hydroxylation sites is 3. The van der Waals surface area contributed by atoms with Crippen molar-refractivity contribution < 1.29 is 4.74 Å². The van der Waals surface area contributed by atoms with Gasteiger partial charge in [0.05, 0.1) is 39.6 Å². The topological polar surface area (TPSA) is 51.4 Å². The van der Waals surface area contributed by atoms with Crippen molar-refractivity contribution in [3.05, 3.63) is 182 Å². The minimum absolute atomic E-state index is 0.00400. The third-order valence-corrected chi connectivity index (χ3v) is 11.5. The molecule has 280 valence electrons. The summed E-state index contributed by atoms with van der Waals surface area (Å²) in [5.74, 6) is 2.40. The molecule has 58 heavy (non-hydrogen) atoms. The normalized spacial score (nSPS) is 12.9. The van der Waals surface area contributed by atoms with E-state index in [0.717, 1.165) is 62.2 Å². The molecule has 1 aliphatic heterocycles. The van der Waals surface area contributed by atoms with Crippen LogP contribution in [0.2, 0.25) is 0 Å². The zero-order valence-electron chi connectivity index (χ0n) is 32.5. The lowest BCUT2D eigenvalue weighted by Crippen LogP contribution is -2.23. The predicted octanol–water partition coefficient (Wildman–Crippen LogP) is 13.0. The quantitative estimate of drug-likeness (QED) is 0.169. The van der Waals surface area contributed by atoms with Crippen LogP contribution in [-0.2, 0) is 5.41 Å². The number of hydrogen-bond donors (Lipinski definition) is 0. The van der Waals surface area contributed by atoms with Crippen molar-refractivity contribution in [1.82, 2.24) is 19.1 Å². The molecule has 0 aliphatic carbocycles. The lowest BCUT2D eigenvalue weighted by molar-refractivity contribution is 0.483. The summed E-state index contributed by atoms with van der Waals surface area (Å²) in [6.07, 6.45) is 5.74. The zero-order chi connectivity index (χ0) is 39.0. The molecule has 4 aromatic heterocycles. The number of nitrogens with zero attached hydrogens (tertiary/aromatic N) is 6. The van der Waals surface area contributed by atoms with E-state index in [1.165, 1.54) is 32.8 Å². The average molecular weight is 753 g/mol. The second kappa shape index (κ2) is 13.1. The smallest absolute Gasteiger partial charge is 0.137 e. The first-order valence-corrected chi connectivity index (χ1v) is 19.7. The van der Waals surface area contributed by atoms with Gasteiger partial charge in [0.25, 0.3) is 0 Å². The molecular weight excluding hydrogens is 713 g/mol. The Morgan fingerprint density at radius 1 is 0.483 bits per heavy atom. The SMILES string of the molecule is CC(C)(C)c1ccnc(-n2c3ccccc3c3ccc(Oc4cccc(N5CN(c6ccc7c8ccccc8n(-c8ccccc8)c7c6)c6ccncc65)c4)cc32)c1. The summed E-state index contributed by atoms with van der Waals surface area (Å²) in [4.78, 5) is 14.1. The van der Waals surface area contributed by atoms with E-state index in [2.05, 4.69) is 196 Å². The molecular formula is C51H40N6O. The molecule has 0 bridgehead atoms. The number of hydrogen-bond acceptors (Lipinski definition) is 5. The Morgan fingerprint density at radius 2 is 1.12 bits per heavy atom. The molecule has 7 nitrogen and oxygen atoms in total. The molecule has 0 radical (unpaired) electrons. The fraction of sp³-hybridized carbons (Fsp3) is 0.0980. The maximum atomic E-state index is 6.69. The van der Waals surface area contributed by atoms with E-state index in [9.17, 15) is 0 Å². The molecule has 6 aromatic carbocycles. The van der Waals surface area contributed by atoms with Crippen molar-refractivity contribution in [3.63, 3.8) is 0 Å². The molecule has 7 heteroatoms. The van der Waals surface area contributed by atoms with Crippen molar-refractivity contribution in [2.45, 2.75) is 26.2 Å². The first-order valence-electron chi connectivity index (χ1n) is 19.7. The number of aromatic nitrogens is 4. The lowest BCUT2D eigenvalue weighted by atomic mass is 9.88. The van der Waals surface area contributed by atoms with E-state index < -0.39 is 0 Å². The highest BCUT2D eigenvalue weighted by Crippen LogP contribution is 2.46. The van der Waals surface area contributed by atoms with E-state index >= 15 is 0 Å². The Kier molecular flexibility index (Phi) is 7.66. The van der Waals surface area contributed by atoms with Crippen molar-refractivity contribution in [1.29, 1.82) is 0 Å². The van der Waals surface area contributed by atoms with E-state index in [4.69, 9.17) is 9.72 Å². The fourth-order valence-corrected chi connectivity index (χ4v) is 8.65. The standard InChI is InChI=1S/C51H40N6O/c1-51(2,3)34-24-27-53-50(28-34)57-45-19-10-8-17-41(45)43-23-21-39(31-48(43)57)58-38-15-11-14-36(29-38)55-33-54(46-25-26-52-32-49(46)55)37-20-22-42-40-16-7-9-18-44(40)56(47(42)30-37)35-12-5-4-6-13-35/h4-32H,33H2,1-3H3. The number of ether oxygens (including phenoxy) is 1. The molecule has 5 heterocycles. The van der Waals surface area contributed by atoms with E-state index in [-0.39, 0.29) is 5.41 Å². The number of pyridine rings is 2. The van der Waals surface area contributed by atoms with Gasteiger partial charge in [0.2, 0.25) is 0 Å². The van der Waals surface area contributed by atoms with Gasteiger partial charge in [-0.2, -0.15) is 0 Å². The first-order chi connectivity index (χ1) is 28.4. The van der Waals surface area contributed by atoms with Gasteiger partial charge in [-0.15, -0.1) is 0 Å². The van der Waals surface area contributed by atoms with Crippen LogP contribution in [0.25, 0.3) is 55.1 Å². The highest BCUT2D eigenvalue weighted by atomic mass is 16.5. The summed E-state index contributed by atoms with van der Waals surface area (Å²) in [7, 11) is 0. The lowest BCUT2D eigenvalue weighted by Gasteiger charge is -2.23. The summed E-state index contributed by atoms with van der Waals surface area (Å²) in [5.41, 5.74) is 11.2. The largest absolute Gasteiger partial charge is 0.457 e. The van der Waals surface area contributed by atoms with Gasteiger partial charge in [0.15, 0.2) is 0 Å². The van der Waals surface area contributed by atoms with Crippen molar-refractivity contribution >= 4 is 66.4 Å². The average Bonchev–Trinajstić information content (AvgIpc) is 3.91. The van der Waals surface area contributed by atoms with E-state index in [1.54, 1.807) is 0 Å². The van der Waals surface area contributed by atoms with Crippen LogP contribution in [0.1, 0.15) is 26.3 Å². The highest BCUT2D eigenvalue weighted by Gasteiger charge is 2.29. The van der Waals surface area contributed by atoms with E-state index in [1.807, 2.05) is 24.7 Å². The molecule has 0 N–H and O–H groups in total. The monoisotopic (exact) mass is 752 g/mol. The van der Waals surface area contributed by atoms with Crippen molar-refractivity contribution in [3.8, 4) is 23.0 Å². The molecule has 0 saturated carbocycles. The van der Waals surface area contributed by atoms with Gasteiger partial charge in [-0.25, -0.2) is 4.98 Å². The van der Waals surface area contributed by atoms with E-state index in [0.29, 0.717) is 6.67 Å².